The van der Waals surface area contributed by atoms with E-state index >= 15 is 0 Å². The molecule has 0 radical (unpaired) electrons. The van der Waals surface area contributed by atoms with Crippen LogP contribution < -0.4 is 15.6 Å². The molecule has 0 atom stereocenters. The highest BCUT2D eigenvalue weighted by molar-refractivity contribution is 6.33. The number of hydrogen-bond donors (Lipinski definition) is 2. The molecule has 0 unspecified atom stereocenters. The Balaban J connectivity index is 1.59. The van der Waals surface area contributed by atoms with Crippen molar-refractivity contribution in [2.45, 2.75) is 6.92 Å². The first kappa shape index (κ1) is 19.4. The number of aryl methyl sites for hydroxylation is 2. The van der Waals surface area contributed by atoms with Crippen LogP contribution in [-0.4, -0.2) is 28.2 Å². The maximum Gasteiger partial charge on any atom is 0.276 e. The number of hydrogen-bond acceptors (Lipinski definition) is 4. The zero-order valence-corrected chi connectivity index (χ0v) is 16.2. The molecule has 1 aromatic heterocycles. The largest absolute Gasteiger partial charge is 0.483 e. The van der Waals surface area contributed by atoms with Gasteiger partial charge in [-0.1, -0.05) is 60.1 Å². The third-order valence-corrected chi connectivity index (χ3v) is 4.46. The molecule has 28 heavy (non-hydrogen) atoms. The Kier molecular flexibility index (Phi) is 5.96. The summed E-state index contributed by atoms with van der Waals surface area (Å²) in [6, 6.07) is 17.1. The Labute approximate surface area is 167 Å². The van der Waals surface area contributed by atoms with Crippen LogP contribution in [0.3, 0.4) is 0 Å². The second kappa shape index (κ2) is 8.58. The van der Waals surface area contributed by atoms with Crippen LogP contribution in [0.25, 0.3) is 11.1 Å². The van der Waals surface area contributed by atoms with Gasteiger partial charge in [0.15, 0.2) is 6.61 Å². The Hall–Kier alpha value is -3.32. The van der Waals surface area contributed by atoms with Gasteiger partial charge in [-0.15, -0.1) is 0 Å². The van der Waals surface area contributed by atoms with Crippen molar-refractivity contribution in [1.82, 2.24) is 20.6 Å². The summed E-state index contributed by atoms with van der Waals surface area (Å²) in [5.74, 6) is -0.483. The van der Waals surface area contributed by atoms with E-state index in [0.29, 0.717) is 11.4 Å². The first-order valence-electron chi connectivity index (χ1n) is 8.53. The van der Waals surface area contributed by atoms with Gasteiger partial charge in [-0.3, -0.25) is 25.1 Å². The van der Waals surface area contributed by atoms with E-state index in [1.165, 1.54) is 4.68 Å². The van der Waals surface area contributed by atoms with Crippen LogP contribution >= 0.6 is 11.6 Å². The second-order valence-electron chi connectivity index (χ2n) is 6.03. The first-order chi connectivity index (χ1) is 13.5. The highest BCUT2D eigenvalue weighted by atomic mass is 35.5. The number of carbonyl (C=O) groups is 2. The summed E-state index contributed by atoms with van der Waals surface area (Å²) in [4.78, 5) is 24.3. The molecule has 0 aliphatic carbocycles. The van der Waals surface area contributed by atoms with Crippen LogP contribution in [0.1, 0.15) is 16.1 Å². The number of hydrazine groups is 1. The SMILES string of the molecule is Cc1nn(C)c(Cl)c1C(=O)NNC(=O)COc1ccccc1-c1ccccc1. The summed E-state index contributed by atoms with van der Waals surface area (Å²) in [5, 5.41) is 4.25. The molecule has 0 saturated heterocycles. The van der Waals surface area contributed by atoms with E-state index in [2.05, 4.69) is 16.0 Å². The average Bonchev–Trinajstić information content (AvgIpc) is 2.97. The Morgan fingerprint density at radius 2 is 1.75 bits per heavy atom. The molecular weight excluding hydrogens is 380 g/mol. The van der Waals surface area contributed by atoms with Gasteiger partial charge in [-0.05, 0) is 18.6 Å². The fraction of sp³-hybridized carbons (Fsp3) is 0.150. The van der Waals surface area contributed by atoms with E-state index in [1.807, 2.05) is 48.5 Å². The Morgan fingerprint density at radius 3 is 2.43 bits per heavy atom. The zero-order chi connectivity index (χ0) is 20.1. The third kappa shape index (κ3) is 4.32. The van der Waals surface area contributed by atoms with E-state index in [9.17, 15) is 9.59 Å². The molecule has 1 heterocycles. The molecule has 0 aliphatic heterocycles. The summed E-state index contributed by atoms with van der Waals surface area (Å²) in [7, 11) is 1.63. The molecule has 2 amide bonds. The average molecular weight is 399 g/mol. The van der Waals surface area contributed by atoms with Crippen LogP contribution in [0.2, 0.25) is 5.15 Å². The van der Waals surface area contributed by atoms with E-state index < -0.39 is 11.8 Å². The Morgan fingerprint density at radius 1 is 1.07 bits per heavy atom. The van der Waals surface area contributed by atoms with Crippen LogP contribution in [0.5, 0.6) is 5.75 Å². The number of benzene rings is 2. The number of rotatable bonds is 5. The van der Waals surface area contributed by atoms with Crippen molar-refractivity contribution in [3.05, 3.63) is 71.0 Å². The number of para-hydroxylation sites is 1. The second-order valence-corrected chi connectivity index (χ2v) is 6.39. The number of ether oxygens (including phenoxy) is 1. The standard InChI is InChI=1S/C20H19ClN4O3/c1-13-18(19(21)25(2)24-13)20(27)23-22-17(26)12-28-16-11-7-6-10-15(16)14-8-4-3-5-9-14/h3-11H,12H2,1-2H3,(H,22,26)(H,23,27). The van der Waals surface area contributed by atoms with Crippen molar-refractivity contribution in [2.24, 2.45) is 7.05 Å². The van der Waals surface area contributed by atoms with Gasteiger partial charge < -0.3 is 4.74 Å². The molecule has 8 heteroatoms. The fourth-order valence-corrected chi connectivity index (χ4v) is 2.97. The van der Waals surface area contributed by atoms with Gasteiger partial charge >= 0.3 is 0 Å². The highest BCUT2D eigenvalue weighted by Crippen LogP contribution is 2.29. The summed E-state index contributed by atoms with van der Waals surface area (Å²) >= 11 is 6.04. The van der Waals surface area contributed by atoms with Gasteiger partial charge in [-0.25, -0.2) is 0 Å². The van der Waals surface area contributed by atoms with Gasteiger partial charge in [0.25, 0.3) is 11.8 Å². The van der Waals surface area contributed by atoms with Crippen LogP contribution in [0, 0.1) is 6.92 Å². The van der Waals surface area contributed by atoms with Gasteiger partial charge in [0.05, 0.1) is 5.69 Å². The third-order valence-electron chi connectivity index (χ3n) is 4.03. The lowest BCUT2D eigenvalue weighted by molar-refractivity contribution is -0.123. The predicted molar refractivity (Wildman–Crippen MR) is 106 cm³/mol. The van der Waals surface area contributed by atoms with Gasteiger partial charge in [0, 0.05) is 12.6 Å². The molecular formula is C20H19ClN4O3. The highest BCUT2D eigenvalue weighted by Gasteiger charge is 2.19. The number of carbonyl (C=O) groups excluding carboxylic acids is 2. The smallest absolute Gasteiger partial charge is 0.276 e. The van der Waals surface area contributed by atoms with E-state index in [-0.39, 0.29) is 17.3 Å². The molecule has 2 N–H and O–H groups in total. The summed E-state index contributed by atoms with van der Waals surface area (Å²) < 4.78 is 7.02. The van der Waals surface area contributed by atoms with Crippen molar-refractivity contribution >= 4 is 23.4 Å². The molecule has 144 valence electrons. The van der Waals surface area contributed by atoms with Crippen molar-refractivity contribution in [3.63, 3.8) is 0 Å². The molecule has 0 saturated carbocycles. The molecule has 0 bridgehead atoms. The number of aromatic nitrogens is 2. The summed E-state index contributed by atoms with van der Waals surface area (Å²) in [6.07, 6.45) is 0. The number of nitrogens with zero attached hydrogens (tertiary/aromatic N) is 2. The minimum Gasteiger partial charge on any atom is -0.483 e. The molecule has 3 aromatic rings. The molecule has 0 aliphatic rings. The van der Waals surface area contributed by atoms with Crippen molar-refractivity contribution < 1.29 is 14.3 Å². The van der Waals surface area contributed by atoms with E-state index in [0.717, 1.165) is 11.1 Å². The number of nitrogens with one attached hydrogen (secondary N) is 2. The lowest BCUT2D eigenvalue weighted by atomic mass is 10.1. The first-order valence-corrected chi connectivity index (χ1v) is 8.90. The molecule has 0 fully saturated rings. The normalized spacial score (nSPS) is 10.4. The molecule has 0 spiro atoms. The topological polar surface area (TPSA) is 85.3 Å². The monoisotopic (exact) mass is 398 g/mol. The molecule has 2 aromatic carbocycles. The van der Waals surface area contributed by atoms with E-state index in [1.54, 1.807) is 20.0 Å². The van der Waals surface area contributed by atoms with E-state index in [4.69, 9.17) is 16.3 Å². The minimum absolute atomic E-state index is 0.192. The summed E-state index contributed by atoms with van der Waals surface area (Å²) in [5.41, 5.74) is 7.16. The van der Waals surface area contributed by atoms with Gasteiger partial charge in [0.1, 0.15) is 16.5 Å². The molecule has 7 nitrogen and oxygen atoms in total. The van der Waals surface area contributed by atoms with Crippen molar-refractivity contribution in [2.75, 3.05) is 6.61 Å². The summed E-state index contributed by atoms with van der Waals surface area (Å²) in [6.45, 7) is 1.40. The lowest BCUT2D eigenvalue weighted by Gasteiger charge is -2.12. The zero-order valence-electron chi connectivity index (χ0n) is 15.4. The maximum absolute atomic E-state index is 12.2. The van der Waals surface area contributed by atoms with Crippen LogP contribution in [0.4, 0.5) is 0 Å². The molecule has 3 rings (SSSR count). The van der Waals surface area contributed by atoms with Crippen molar-refractivity contribution in [3.8, 4) is 16.9 Å². The number of halogens is 1. The van der Waals surface area contributed by atoms with Crippen molar-refractivity contribution in [1.29, 1.82) is 0 Å². The van der Waals surface area contributed by atoms with Crippen LogP contribution in [-0.2, 0) is 11.8 Å². The lowest BCUT2D eigenvalue weighted by Crippen LogP contribution is -2.44. The van der Waals surface area contributed by atoms with Gasteiger partial charge in [-0.2, -0.15) is 5.10 Å². The Bertz CT molecular complexity index is 1000. The maximum atomic E-state index is 12.2. The minimum atomic E-state index is -0.548. The predicted octanol–water partition coefficient (Wildman–Crippen LogP) is 2.89. The number of amides is 2. The van der Waals surface area contributed by atoms with Crippen LogP contribution in [0.15, 0.2) is 54.6 Å². The fourth-order valence-electron chi connectivity index (χ4n) is 2.71. The van der Waals surface area contributed by atoms with Gasteiger partial charge in [0.2, 0.25) is 0 Å². The quantitative estimate of drug-likeness (QED) is 0.647.